The number of likely N-dealkylation sites (N-methyl/N-ethyl adjacent to an activating group) is 1. The second-order valence-electron chi connectivity index (χ2n) is 5.24. The Morgan fingerprint density at radius 3 is 2.38 bits per heavy atom. The number of amides is 1. The van der Waals surface area contributed by atoms with Gasteiger partial charge in [0, 0.05) is 6.54 Å². The van der Waals surface area contributed by atoms with Gasteiger partial charge >= 0.3 is 0 Å². The standard InChI is InChI=1S/C15H26N4O2/c1-18(9-4-10-19(2)12-15(20)17-16)11-13-5-7-14(21-3)8-6-13/h5-8H,4,9-12,16H2,1-3H3,(H,17,20). The van der Waals surface area contributed by atoms with Gasteiger partial charge in [-0.2, -0.15) is 0 Å². The molecule has 0 heterocycles. The molecule has 0 fully saturated rings. The minimum atomic E-state index is -0.163. The first-order valence-corrected chi connectivity index (χ1v) is 7.04. The molecule has 118 valence electrons. The van der Waals surface area contributed by atoms with E-state index in [1.807, 2.05) is 24.1 Å². The first kappa shape index (κ1) is 17.4. The van der Waals surface area contributed by atoms with Gasteiger partial charge in [0.25, 0.3) is 0 Å². The van der Waals surface area contributed by atoms with Gasteiger partial charge in [0.15, 0.2) is 0 Å². The van der Waals surface area contributed by atoms with E-state index >= 15 is 0 Å². The van der Waals surface area contributed by atoms with E-state index in [2.05, 4.69) is 29.5 Å². The third-order valence-corrected chi connectivity index (χ3v) is 3.27. The number of nitrogens with one attached hydrogen (secondary N) is 1. The maximum Gasteiger partial charge on any atom is 0.248 e. The molecule has 0 bridgehead atoms. The lowest BCUT2D eigenvalue weighted by Crippen LogP contribution is -2.39. The van der Waals surface area contributed by atoms with Gasteiger partial charge in [0.05, 0.1) is 13.7 Å². The van der Waals surface area contributed by atoms with Crippen molar-refractivity contribution in [3.8, 4) is 5.75 Å². The van der Waals surface area contributed by atoms with E-state index in [4.69, 9.17) is 10.6 Å². The molecular formula is C15H26N4O2. The molecule has 1 rings (SSSR count). The summed E-state index contributed by atoms with van der Waals surface area (Å²) in [6.45, 7) is 3.07. The molecular weight excluding hydrogens is 268 g/mol. The Balaban J connectivity index is 2.24. The molecule has 0 radical (unpaired) electrons. The molecule has 0 spiro atoms. The van der Waals surface area contributed by atoms with Crippen molar-refractivity contribution >= 4 is 5.91 Å². The highest BCUT2D eigenvalue weighted by Gasteiger charge is 2.06. The number of ether oxygens (including phenoxy) is 1. The third-order valence-electron chi connectivity index (χ3n) is 3.27. The van der Waals surface area contributed by atoms with Gasteiger partial charge in [-0.3, -0.25) is 15.1 Å². The molecule has 6 nitrogen and oxygen atoms in total. The van der Waals surface area contributed by atoms with Crippen LogP contribution in [-0.2, 0) is 11.3 Å². The quantitative estimate of drug-likeness (QED) is 0.393. The van der Waals surface area contributed by atoms with Crippen LogP contribution in [0.3, 0.4) is 0 Å². The fourth-order valence-corrected chi connectivity index (χ4v) is 2.10. The van der Waals surface area contributed by atoms with Gasteiger partial charge < -0.3 is 9.64 Å². The maximum atomic E-state index is 11.1. The zero-order valence-corrected chi connectivity index (χ0v) is 13.1. The SMILES string of the molecule is COc1ccc(CN(C)CCCN(C)CC(=O)NN)cc1. The van der Waals surface area contributed by atoms with E-state index in [1.54, 1.807) is 7.11 Å². The van der Waals surface area contributed by atoms with E-state index in [0.29, 0.717) is 6.54 Å². The van der Waals surface area contributed by atoms with Crippen LogP contribution in [0.4, 0.5) is 0 Å². The second-order valence-corrected chi connectivity index (χ2v) is 5.24. The number of hydrogen-bond donors (Lipinski definition) is 2. The molecule has 0 unspecified atom stereocenters. The van der Waals surface area contributed by atoms with Crippen LogP contribution in [-0.4, -0.2) is 56.5 Å². The highest BCUT2D eigenvalue weighted by molar-refractivity contribution is 5.77. The third kappa shape index (κ3) is 7.08. The highest BCUT2D eigenvalue weighted by atomic mass is 16.5. The van der Waals surface area contributed by atoms with E-state index in [9.17, 15) is 4.79 Å². The molecule has 1 aromatic rings. The molecule has 6 heteroatoms. The molecule has 0 aliphatic heterocycles. The first-order chi connectivity index (χ1) is 10.0. The van der Waals surface area contributed by atoms with Crippen LogP contribution in [0.1, 0.15) is 12.0 Å². The number of methoxy groups -OCH3 is 1. The molecule has 1 amide bonds. The smallest absolute Gasteiger partial charge is 0.248 e. The van der Waals surface area contributed by atoms with Gasteiger partial charge in [0.2, 0.25) is 5.91 Å². The van der Waals surface area contributed by atoms with Crippen LogP contribution in [0, 0.1) is 0 Å². The van der Waals surface area contributed by atoms with Gasteiger partial charge in [-0.25, -0.2) is 5.84 Å². The summed E-state index contributed by atoms with van der Waals surface area (Å²) in [4.78, 5) is 15.3. The summed E-state index contributed by atoms with van der Waals surface area (Å²) in [5.74, 6) is 5.77. The zero-order chi connectivity index (χ0) is 15.7. The van der Waals surface area contributed by atoms with Crippen molar-refractivity contribution in [3.05, 3.63) is 29.8 Å². The summed E-state index contributed by atoms with van der Waals surface area (Å²) in [5.41, 5.74) is 3.39. The Kier molecular flexibility index (Phi) is 7.74. The highest BCUT2D eigenvalue weighted by Crippen LogP contribution is 2.12. The summed E-state index contributed by atoms with van der Waals surface area (Å²) < 4.78 is 5.15. The molecule has 0 saturated heterocycles. The Morgan fingerprint density at radius 1 is 1.19 bits per heavy atom. The van der Waals surface area contributed by atoms with Gasteiger partial charge in [-0.15, -0.1) is 0 Å². The lowest BCUT2D eigenvalue weighted by molar-refractivity contribution is -0.122. The number of carbonyl (C=O) groups is 1. The molecule has 0 aliphatic carbocycles. The average Bonchev–Trinajstić information content (AvgIpc) is 2.47. The summed E-state index contributed by atoms with van der Waals surface area (Å²) in [6.07, 6.45) is 1.00. The molecule has 0 aliphatic rings. The lowest BCUT2D eigenvalue weighted by Gasteiger charge is -2.20. The number of benzene rings is 1. The Morgan fingerprint density at radius 2 is 1.81 bits per heavy atom. The van der Waals surface area contributed by atoms with Crippen LogP contribution >= 0.6 is 0 Å². The van der Waals surface area contributed by atoms with Crippen molar-refractivity contribution in [3.63, 3.8) is 0 Å². The fourth-order valence-electron chi connectivity index (χ4n) is 2.10. The van der Waals surface area contributed by atoms with Crippen LogP contribution in [0.15, 0.2) is 24.3 Å². The van der Waals surface area contributed by atoms with Crippen molar-refractivity contribution < 1.29 is 9.53 Å². The first-order valence-electron chi connectivity index (χ1n) is 7.04. The minimum absolute atomic E-state index is 0.163. The molecule has 21 heavy (non-hydrogen) atoms. The number of nitrogens with zero attached hydrogens (tertiary/aromatic N) is 2. The predicted octanol–water partition coefficient (Wildman–Crippen LogP) is 0.439. The average molecular weight is 294 g/mol. The van der Waals surface area contributed by atoms with Crippen molar-refractivity contribution in [2.75, 3.05) is 40.8 Å². The van der Waals surface area contributed by atoms with Crippen molar-refractivity contribution in [2.45, 2.75) is 13.0 Å². The Hall–Kier alpha value is -1.63. The summed E-state index contributed by atoms with van der Waals surface area (Å²) in [5, 5.41) is 0. The number of nitrogens with two attached hydrogens (primary N) is 1. The Labute approximate surface area is 126 Å². The van der Waals surface area contributed by atoms with Crippen molar-refractivity contribution in [1.29, 1.82) is 0 Å². The number of hydrogen-bond acceptors (Lipinski definition) is 5. The molecule has 0 saturated carbocycles. The predicted molar refractivity (Wildman–Crippen MR) is 83.8 cm³/mol. The van der Waals surface area contributed by atoms with E-state index in [0.717, 1.165) is 31.8 Å². The van der Waals surface area contributed by atoms with Crippen molar-refractivity contribution in [1.82, 2.24) is 15.2 Å². The topological polar surface area (TPSA) is 70.8 Å². The molecule has 0 aromatic heterocycles. The van der Waals surface area contributed by atoms with Crippen LogP contribution < -0.4 is 16.0 Å². The Bertz CT molecular complexity index is 422. The normalized spacial score (nSPS) is 11.0. The summed E-state index contributed by atoms with van der Waals surface area (Å²) in [7, 11) is 5.68. The van der Waals surface area contributed by atoms with Crippen LogP contribution in [0.2, 0.25) is 0 Å². The largest absolute Gasteiger partial charge is 0.497 e. The van der Waals surface area contributed by atoms with Gasteiger partial charge in [-0.05, 0) is 51.3 Å². The van der Waals surface area contributed by atoms with Gasteiger partial charge in [0.1, 0.15) is 5.75 Å². The summed E-state index contributed by atoms with van der Waals surface area (Å²) >= 11 is 0. The zero-order valence-electron chi connectivity index (χ0n) is 13.1. The number of carbonyl (C=O) groups excluding carboxylic acids is 1. The van der Waals surface area contributed by atoms with Gasteiger partial charge in [-0.1, -0.05) is 12.1 Å². The number of rotatable bonds is 9. The van der Waals surface area contributed by atoms with Crippen molar-refractivity contribution in [2.24, 2.45) is 5.84 Å². The van der Waals surface area contributed by atoms with Crippen LogP contribution in [0.25, 0.3) is 0 Å². The van der Waals surface area contributed by atoms with E-state index < -0.39 is 0 Å². The second kappa shape index (κ2) is 9.33. The monoisotopic (exact) mass is 294 g/mol. The van der Waals surface area contributed by atoms with E-state index in [1.165, 1.54) is 5.56 Å². The molecule has 1 aromatic carbocycles. The maximum absolute atomic E-state index is 11.1. The minimum Gasteiger partial charge on any atom is -0.497 e. The number of hydrazine groups is 1. The lowest BCUT2D eigenvalue weighted by atomic mass is 10.2. The molecule has 3 N–H and O–H groups in total. The van der Waals surface area contributed by atoms with E-state index in [-0.39, 0.29) is 5.91 Å². The summed E-state index contributed by atoms with van der Waals surface area (Å²) in [6, 6.07) is 8.10. The fraction of sp³-hybridized carbons (Fsp3) is 0.533. The molecule has 0 atom stereocenters. The van der Waals surface area contributed by atoms with Crippen LogP contribution in [0.5, 0.6) is 5.75 Å².